The molecule has 32 heteroatoms. The van der Waals surface area contributed by atoms with Crippen molar-refractivity contribution >= 4 is 29.7 Å². The topological polar surface area (TPSA) is 525 Å². The van der Waals surface area contributed by atoms with Crippen LogP contribution in [0.2, 0.25) is 0 Å². The van der Waals surface area contributed by atoms with Crippen molar-refractivity contribution in [1.82, 2.24) is 16.0 Å². The number of allylic oxidation sites excluding steroid dienone is 1. The average Bonchev–Trinajstić information content (AvgIpc) is 0.761. The highest BCUT2D eigenvalue weighted by Gasteiger charge is 2.60. The van der Waals surface area contributed by atoms with Crippen LogP contribution in [-0.2, 0) is 61.9 Å². The second-order valence-corrected chi connectivity index (χ2v) is 27.9. The minimum atomic E-state index is -3.51. The average molecular weight is 1470 g/mol. The fourth-order valence-corrected chi connectivity index (χ4v) is 13.5. The highest BCUT2D eigenvalue weighted by atomic mass is 16.8. The molecule has 32 nitrogen and oxygen atoms in total. The Balaban J connectivity index is 1.50. The summed E-state index contributed by atoms with van der Waals surface area (Å²) in [6, 6.07) is -4.81. The Bertz CT molecular complexity index is 2410. The number of unbranched alkanes of at least 4 members (excludes halogenated alkanes) is 25. The minimum absolute atomic E-state index is 0.150. The first kappa shape index (κ1) is 90.6. The van der Waals surface area contributed by atoms with Crippen molar-refractivity contribution in [1.29, 1.82) is 0 Å². The van der Waals surface area contributed by atoms with Gasteiger partial charge in [-0.15, -0.1) is 0 Å². The Morgan fingerprint density at radius 1 is 0.539 bits per heavy atom. The Morgan fingerprint density at radius 3 is 1.45 bits per heavy atom. The molecular weight excluding hydrogens is 1350 g/mol. The summed E-state index contributed by atoms with van der Waals surface area (Å²) in [6.07, 6.45) is -9.25. The third-order valence-corrected chi connectivity index (χ3v) is 19.4. The zero-order chi connectivity index (χ0) is 75.5. The van der Waals surface area contributed by atoms with Crippen molar-refractivity contribution in [3.8, 4) is 0 Å². The molecule has 4 fully saturated rings. The van der Waals surface area contributed by atoms with Gasteiger partial charge in [-0.1, -0.05) is 180 Å². The normalized spacial score (nSPS) is 31.7. The van der Waals surface area contributed by atoms with Gasteiger partial charge in [0.15, 0.2) is 12.6 Å². The number of carbonyl (C=O) groups excluding carboxylic acids is 5. The number of aliphatic hydroxyl groups is 14. The van der Waals surface area contributed by atoms with Crippen molar-refractivity contribution < 1.29 is 144 Å². The first-order valence-electron chi connectivity index (χ1n) is 37.2. The number of carbonyl (C=O) groups is 5. The van der Waals surface area contributed by atoms with Gasteiger partial charge in [-0.05, 0) is 19.3 Å². The van der Waals surface area contributed by atoms with Crippen LogP contribution in [0.3, 0.4) is 0 Å². The van der Waals surface area contributed by atoms with Crippen molar-refractivity contribution in [3.63, 3.8) is 0 Å². The van der Waals surface area contributed by atoms with Crippen molar-refractivity contribution in [2.24, 2.45) is 0 Å². The minimum Gasteiger partial charge on any atom is -0.544 e. The van der Waals surface area contributed by atoms with Crippen LogP contribution in [0.15, 0.2) is 12.2 Å². The molecular formula is C70H123N3O29-2. The van der Waals surface area contributed by atoms with E-state index in [0.717, 1.165) is 65.2 Å². The lowest BCUT2D eigenvalue weighted by atomic mass is 9.87. The molecule has 7 unspecified atom stereocenters. The maximum absolute atomic E-state index is 13.5. The van der Waals surface area contributed by atoms with E-state index in [1.165, 1.54) is 109 Å². The fourth-order valence-electron chi connectivity index (χ4n) is 13.5. The maximum Gasteiger partial charge on any atom is 0.220 e. The van der Waals surface area contributed by atoms with Crippen LogP contribution >= 0.6 is 0 Å². The van der Waals surface area contributed by atoms with Gasteiger partial charge in [0, 0.05) is 33.1 Å². The molecule has 0 aromatic heterocycles. The van der Waals surface area contributed by atoms with Gasteiger partial charge in [0.05, 0.1) is 69.5 Å². The Morgan fingerprint density at radius 2 is 0.990 bits per heavy atom. The quantitative estimate of drug-likeness (QED) is 0.0224. The Kier molecular flexibility index (Phi) is 42.5. The van der Waals surface area contributed by atoms with E-state index in [4.69, 9.17) is 37.9 Å². The van der Waals surface area contributed by atoms with Gasteiger partial charge in [0.25, 0.3) is 0 Å². The highest BCUT2D eigenvalue weighted by molar-refractivity contribution is 5.77. The van der Waals surface area contributed by atoms with E-state index >= 15 is 0 Å². The molecule has 0 aromatic rings. The number of rotatable bonds is 52. The number of nitrogens with one attached hydrogen (secondary N) is 3. The van der Waals surface area contributed by atoms with Crippen LogP contribution in [0.5, 0.6) is 0 Å². The predicted molar refractivity (Wildman–Crippen MR) is 358 cm³/mol. The third kappa shape index (κ3) is 28.4. The monoisotopic (exact) mass is 1470 g/mol. The summed E-state index contributed by atoms with van der Waals surface area (Å²) < 4.78 is 46.1. The molecule has 4 heterocycles. The molecule has 24 atom stereocenters. The summed E-state index contributed by atoms with van der Waals surface area (Å²) in [5.41, 5.74) is 0. The number of carboxylic acid groups (broad SMARTS) is 2. The number of amides is 3. The highest BCUT2D eigenvalue weighted by Crippen LogP contribution is 2.41. The molecule has 594 valence electrons. The Hall–Kier alpha value is -3.79. The molecule has 17 N–H and O–H groups in total. The molecule has 4 aliphatic heterocycles. The van der Waals surface area contributed by atoms with Gasteiger partial charge >= 0.3 is 0 Å². The van der Waals surface area contributed by atoms with Crippen LogP contribution in [0.4, 0.5) is 0 Å². The second-order valence-electron chi connectivity index (χ2n) is 27.9. The molecule has 0 aliphatic carbocycles. The van der Waals surface area contributed by atoms with Gasteiger partial charge in [-0.3, -0.25) is 14.4 Å². The van der Waals surface area contributed by atoms with Gasteiger partial charge in [-0.2, -0.15) is 0 Å². The van der Waals surface area contributed by atoms with E-state index in [2.05, 4.69) is 29.8 Å². The molecule has 0 aromatic carbocycles. The fraction of sp³-hybridized carbons (Fsp3) is 0.900. The Labute approximate surface area is 598 Å². The second kappa shape index (κ2) is 47.8. The lowest BCUT2D eigenvalue weighted by Crippen LogP contribution is -2.73. The SMILES string of the molecule is CCCCCCCCCCCCC/C=C/[C@@H](O)[C@H](CO[C@@H]1O[C@@H](CO)[C@@H](O[C@@H]2OC(CO)[C@@H](O)C(O[C@]3(C(=O)[O-])C[C@@H](O)[C@@H](NC(C)=O)C([C@@H](O)[C@H](CO)O[C@]4(C(=O)[O-])CC(O)[C@@H](NC(C)=O)C([C@@H](O)[C@H](O)CO)O4)O3)[C@@H]2O)C(O)C1O)NC(=O)CCCCCCCCCCCCCCCCC. The zero-order valence-electron chi connectivity index (χ0n) is 60.0. The van der Waals surface area contributed by atoms with Crippen LogP contribution in [0, 0.1) is 0 Å². The maximum atomic E-state index is 13.5. The summed E-state index contributed by atoms with van der Waals surface area (Å²) in [5, 5.41) is 189. The van der Waals surface area contributed by atoms with E-state index in [-0.39, 0.29) is 12.3 Å². The van der Waals surface area contributed by atoms with Gasteiger partial charge in [0.2, 0.25) is 29.3 Å². The van der Waals surface area contributed by atoms with E-state index in [9.17, 15) is 106 Å². The summed E-state index contributed by atoms with van der Waals surface area (Å²) in [7, 11) is 0. The summed E-state index contributed by atoms with van der Waals surface area (Å²) in [6.45, 7) is 0.955. The molecule has 0 radical (unpaired) electrons. The summed E-state index contributed by atoms with van der Waals surface area (Å²) >= 11 is 0. The van der Waals surface area contributed by atoms with Crippen LogP contribution in [0.25, 0.3) is 0 Å². The smallest absolute Gasteiger partial charge is 0.220 e. The van der Waals surface area contributed by atoms with E-state index < -0.39 is 216 Å². The number of aliphatic carboxylic acids is 2. The van der Waals surface area contributed by atoms with Crippen LogP contribution < -0.4 is 26.2 Å². The van der Waals surface area contributed by atoms with E-state index in [0.29, 0.717) is 12.8 Å². The first-order chi connectivity index (χ1) is 48.7. The molecule has 0 bridgehead atoms. The zero-order valence-corrected chi connectivity index (χ0v) is 60.0. The van der Waals surface area contributed by atoms with Gasteiger partial charge in [-0.25, -0.2) is 0 Å². The summed E-state index contributed by atoms with van der Waals surface area (Å²) in [4.78, 5) is 64.7. The molecule has 0 saturated carbocycles. The number of aliphatic hydroxyl groups excluding tert-OH is 14. The number of carboxylic acids is 2. The largest absolute Gasteiger partial charge is 0.544 e. The molecule has 102 heavy (non-hydrogen) atoms. The van der Waals surface area contributed by atoms with E-state index in [1.54, 1.807) is 6.08 Å². The standard InChI is InChI=1S/C70H125N3O29/c1-5-7-9-11-13-15-17-19-20-22-24-26-28-30-32-34-52(84)73-44(45(80)33-31-29-27-25-23-21-18-16-14-12-10-8-6-2)41-95-65-59(89)58(88)61(51(40-77)97-65)98-66-60(90)64(56(86)49(38-75)96-66)102-70(68(93)94)36-47(82)54(72-43(4)79)63(101-70)57(87)50(39-76)99-69(67(91)92)35-46(81)53(71-42(3)78)62(100-69)55(85)48(83)37-74/h31,33,44-51,53-66,74-77,80-83,85-90H,5-30,32,34-41H2,1-4H3,(H,71,78)(H,72,79)(H,73,84)(H,91,92)(H,93,94)/p-2/b33-31+/t44-,45+,46?,47+,48+,49?,50-,51-,53+,54+,55-,56+,57-,58?,59?,60-,61+,62?,63?,64?,65+,66-,69+,70-/m0/s1. The van der Waals surface area contributed by atoms with Crippen molar-refractivity contribution in [2.45, 2.75) is 366 Å². The van der Waals surface area contributed by atoms with Crippen LogP contribution in [-0.4, -0.2) is 280 Å². The predicted octanol–water partition coefficient (Wildman–Crippen LogP) is -2.33. The molecule has 4 aliphatic rings. The van der Waals surface area contributed by atoms with E-state index in [1.807, 2.05) is 6.08 Å². The van der Waals surface area contributed by atoms with Gasteiger partial charge < -0.3 is 145 Å². The molecule has 4 rings (SSSR count). The third-order valence-electron chi connectivity index (χ3n) is 19.4. The number of hydrogen-bond donors (Lipinski definition) is 17. The first-order valence-corrected chi connectivity index (χ1v) is 37.2. The van der Waals surface area contributed by atoms with Gasteiger partial charge in [0.1, 0.15) is 97.4 Å². The lowest BCUT2D eigenvalue weighted by molar-refractivity contribution is -0.415. The number of hydrogen-bond acceptors (Lipinski definition) is 29. The summed E-state index contributed by atoms with van der Waals surface area (Å²) in [5.74, 6) is -13.9. The number of ether oxygens (including phenoxy) is 8. The van der Waals surface area contributed by atoms with Crippen molar-refractivity contribution in [3.05, 3.63) is 12.2 Å². The lowest BCUT2D eigenvalue weighted by Gasteiger charge is -2.53. The van der Waals surface area contributed by atoms with Crippen molar-refractivity contribution in [2.75, 3.05) is 33.0 Å². The van der Waals surface area contributed by atoms with Crippen LogP contribution in [0.1, 0.15) is 220 Å². The molecule has 3 amide bonds. The molecule has 0 spiro atoms. The molecule has 4 saturated heterocycles.